The van der Waals surface area contributed by atoms with Gasteiger partial charge in [0.25, 0.3) is 5.91 Å². The van der Waals surface area contributed by atoms with Gasteiger partial charge in [0.15, 0.2) is 15.0 Å². The third kappa shape index (κ3) is 4.31. The Morgan fingerprint density at radius 3 is 2.50 bits per heavy atom. The summed E-state index contributed by atoms with van der Waals surface area (Å²) >= 11 is 1.43. The summed E-state index contributed by atoms with van der Waals surface area (Å²) in [6.45, 7) is 2.57. The van der Waals surface area contributed by atoms with Crippen molar-refractivity contribution in [2.45, 2.75) is 31.2 Å². The summed E-state index contributed by atoms with van der Waals surface area (Å²) in [7, 11) is -3.04. The smallest absolute Gasteiger partial charge is 0.252 e. The molecule has 2 saturated heterocycles. The van der Waals surface area contributed by atoms with Gasteiger partial charge in [-0.3, -0.25) is 4.79 Å². The minimum atomic E-state index is -3.04. The van der Waals surface area contributed by atoms with Crippen LogP contribution in [0.25, 0.3) is 0 Å². The van der Waals surface area contributed by atoms with E-state index < -0.39 is 9.84 Å². The van der Waals surface area contributed by atoms with Crippen molar-refractivity contribution in [2.75, 3.05) is 11.5 Å². The highest BCUT2D eigenvalue weighted by Gasteiger charge is 2.48. The first-order valence-electron chi connectivity index (χ1n) is 9.24. The number of rotatable bonds is 4. The topological polar surface area (TPSA) is 66.8 Å². The molecule has 0 radical (unpaired) electrons. The first-order valence-corrected chi connectivity index (χ1v) is 11.9. The lowest BCUT2D eigenvalue weighted by atomic mass is 10.1. The molecule has 2 atom stereocenters. The first kappa shape index (κ1) is 19.2. The van der Waals surface area contributed by atoms with Crippen LogP contribution in [0.5, 0.6) is 0 Å². The molecule has 0 spiro atoms. The molecule has 28 heavy (non-hydrogen) atoms. The van der Waals surface area contributed by atoms with Gasteiger partial charge in [0.2, 0.25) is 0 Å². The number of amides is 1. The third-order valence-corrected chi connectivity index (χ3v) is 8.31. The Hall–Kier alpha value is -2.12. The van der Waals surface area contributed by atoms with E-state index in [2.05, 4.69) is 4.99 Å². The molecule has 0 bridgehead atoms. The van der Waals surface area contributed by atoms with Gasteiger partial charge in [-0.05, 0) is 18.1 Å². The number of fused-ring (bicyclic) bond motifs is 1. The van der Waals surface area contributed by atoms with Gasteiger partial charge in [-0.2, -0.15) is 4.99 Å². The lowest BCUT2D eigenvalue weighted by Crippen LogP contribution is -2.37. The number of hydrogen-bond donors (Lipinski definition) is 0. The van der Waals surface area contributed by atoms with Gasteiger partial charge in [-0.25, -0.2) is 8.42 Å². The largest absolute Gasteiger partial charge is 0.342 e. The second-order valence-corrected chi connectivity index (χ2v) is 10.7. The molecule has 146 valence electrons. The molecule has 7 heteroatoms. The Balaban J connectivity index is 1.56. The predicted octanol–water partition coefficient (Wildman–Crippen LogP) is 2.83. The van der Waals surface area contributed by atoms with Crippen LogP contribution in [0, 0.1) is 6.92 Å². The average molecular weight is 415 g/mol. The van der Waals surface area contributed by atoms with Gasteiger partial charge in [0, 0.05) is 11.8 Å². The highest BCUT2D eigenvalue weighted by molar-refractivity contribution is 8.15. The second-order valence-electron chi connectivity index (χ2n) is 7.36. The monoisotopic (exact) mass is 414 g/mol. The van der Waals surface area contributed by atoms with Crippen molar-refractivity contribution in [2.24, 2.45) is 4.99 Å². The van der Waals surface area contributed by atoms with E-state index in [0.717, 1.165) is 16.7 Å². The molecule has 2 aromatic rings. The number of sulfone groups is 1. The average Bonchev–Trinajstić information content (AvgIpc) is 3.10. The SMILES string of the molecule is Cc1ccc(CC(=O)N=C2SC3CS(=O)(=O)CC3N2Cc2ccccc2)cc1. The fourth-order valence-electron chi connectivity index (χ4n) is 3.63. The Morgan fingerprint density at radius 1 is 1.07 bits per heavy atom. The predicted molar refractivity (Wildman–Crippen MR) is 113 cm³/mol. The second kappa shape index (κ2) is 7.72. The van der Waals surface area contributed by atoms with E-state index in [-0.39, 0.29) is 35.1 Å². The fourth-order valence-corrected chi connectivity index (χ4v) is 7.60. The van der Waals surface area contributed by atoms with Crippen LogP contribution in [0.15, 0.2) is 59.6 Å². The molecule has 1 amide bonds. The zero-order chi connectivity index (χ0) is 19.7. The normalized spacial score (nSPS) is 24.5. The zero-order valence-corrected chi connectivity index (χ0v) is 17.2. The number of carbonyl (C=O) groups is 1. The van der Waals surface area contributed by atoms with Crippen molar-refractivity contribution in [1.82, 2.24) is 4.90 Å². The first-order chi connectivity index (χ1) is 13.4. The molecule has 0 aliphatic carbocycles. The van der Waals surface area contributed by atoms with Crippen molar-refractivity contribution in [3.63, 3.8) is 0 Å². The van der Waals surface area contributed by atoms with E-state index >= 15 is 0 Å². The van der Waals surface area contributed by atoms with E-state index in [4.69, 9.17) is 0 Å². The molecule has 2 aliphatic heterocycles. The summed E-state index contributed by atoms with van der Waals surface area (Å²) in [5, 5.41) is 0.588. The number of benzene rings is 2. The van der Waals surface area contributed by atoms with Gasteiger partial charge in [-0.1, -0.05) is 71.9 Å². The molecule has 2 aliphatic rings. The summed E-state index contributed by atoms with van der Waals surface area (Å²) < 4.78 is 24.2. The maximum atomic E-state index is 12.6. The summed E-state index contributed by atoms with van der Waals surface area (Å²) in [6.07, 6.45) is 0.247. The summed E-state index contributed by atoms with van der Waals surface area (Å²) in [5.41, 5.74) is 3.16. The number of thioether (sulfide) groups is 1. The van der Waals surface area contributed by atoms with Crippen LogP contribution in [0.1, 0.15) is 16.7 Å². The number of nitrogens with zero attached hydrogens (tertiary/aromatic N) is 2. The maximum absolute atomic E-state index is 12.6. The summed E-state index contributed by atoms with van der Waals surface area (Å²) in [5.74, 6) is 0.0776. The van der Waals surface area contributed by atoms with Crippen LogP contribution in [0.3, 0.4) is 0 Å². The van der Waals surface area contributed by atoms with Crippen molar-refractivity contribution in [3.8, 4) is 0 Å². The van der Waals surface area contributed by atoms with E-state index in [1.807, 2.05) is 66.4 Å². The number of aliphatic imine (C=N–C) groups is 1. The fraction of sp³-hybridized carbons (Fsp3) is 0.333. The van der Waals surface area contributed by atoms with E-state index in [1.165, 1.54) is 11.8 Å². The molecular formula is C21H22N2O3S2. The quantitative estimate of drug-likeness (QED) is 0.770. The molecule has 2 heterocycles. The Labute approximate surface area is 169 Å². The number of hydrogen-bond acceptors (Lipinski definition) is 4. The summed E-state index contributed by atoms with van der Waals surface area (Å²) in [4.78, 5) is 18.9. The van der Waals surface area contributed by atoms with Gasteiger partial charge < -0.3 is 4.90 Å². The Bertz CT molecular complexity index is 1000. The lowest BCUT2D eigenvalue weighted by Gasteiger charge is -2.24. The van der Waals surface area contributed by atoms with Crippen molar-refractivity contribution < 1.29 is 13.2 Å². The molecule has 0 N–H and O–H groups in total. The van der Waals surface area contributed by atoms with Crippen molar-refractivity contribution in [1.29, 1.82) is 0 Å². The minimum Gasteiger partial charge on any atom is -0.342 e. The van der Waals surface area contributed by atoms with Gasteiger partial charge in [0.1, 0.15) is 0 Å². The molecule has 0 aromatic heterocycles. The number of carbonyl (C=O) groups excluding carboxylic acids is 1. The van der Waals surface area contributed by atoms with Crippen molar-refractivity contribution >= 4 is 32.7 Å². The standard InChI is InChI=1S/C21H22N2O3S2/c1-15-7-9-16(10-8-15)11-20(24)22-21-23(12-17-5-3-2-4-6-17)18-13-28(25,26)14-19(18)27-21/h2-10,18-19H,11-14H2,1H3. The number of amidine groups is 1. The molecule has 2 fully saturated rings. The minimum absolute atomic E-state index is 0.0559. The zero-order valence-electron chi connectivity index (χ0n) is 15.6. The molecule has 4 rings (SSSR count). The van der Waals surface area contributed by atoms with Crippen LogP contribution in [-0.4, -0.2) is 47.2 Å². The molecular weight excluding hydrogens is 392 g/mol. The number of aryl methyl sites for hydroxylation is 1. The third-order valence-electron chi connectivity index (χ3n) is 5.07. The Morgan fingerprint density at radius 2 is 1.79 bits per heavy atom. The van der Waals surface area contributed by atoms with E-state index in [9.17, 15) is 13.2 Å². The van der Waals surface area contributed by atoms with Gasteiger partial charge in [-0.15, -0.1) is 0 Å². The molecule has 2 unspecified atom stereocenters. The van der Waals surface area contributed by atoms with Crippen molar-refractivity contribution in [3.05, 3.63) is 71.3 Å². The van der Waals surface area contributed by atoms with Crippen LogP contribution in [0.4, 0.5) is 0 Å². The van der Waals surface area contributed by atoms with Crippen LogP contribution < -0.4 is 0 Å². The van der Waals surface area contributed by atoms with Crippen LogP contribution in [0.2, 0.25) is 0 Å². The maximum Gasteiger partial charge on any atom is 0.252 e. The van der Waals surface area contributed by atoms with Gasteiger partial charge >= 0.3 is 0 Å². The Kier molecular flexibility index (Phi) is 5.29. The highest BCUT2D eigenvalue weighted by Crippen LogP contribution is 2.39. The molecule has 0 saturated carbocycles. The highest BCUT2D eigenvalue weighted by atomic mass is 32.2. The molecule has 2 aromatic carbocycles. The van der Waals surface area contributed by atoms with Gasteiger partial charge in [0.05, 0.1) is 24.0 Å². The van der Waals surface area contributed by atoms with E-state index in [0.29, 0.717) is 11.7 Å². The van der Waals surface area contributed by atoms with E-state index in [1.54, 1.807) is 0 Å². The van der Waals surface area contributed by atoms with Crippen LogP contribution >= 0.6 is 11.8 Å². The lowest BCUT2D eigenvalue weighted by molar-refractivity contribution is -0.117. The summed E-state index contributed by atoms with van der Waals surface area (Å²) in [6, 6.07) is 17.6. The molecule has 5 nitrogen and oxygen atoms in total. The van der Waals surface area contributed by atoms with Crippen LogP contribution in [-0.2, 0) is 27.6 Å².